The van der Waals surface area contributed by atoms with E-state index in [2.05, 4.69) is 24.4 Å². The van der Waals surface area contributed by atoms with Gasteiger partial charge in [0.25, 0.3) is 0 Å². The van der Waals surface area contributed by atoms with Gasteiger partial charge in [-0.2, -0.15) is 0 Å². The minimum Gasteiger partial charge on any atom is -0.495 e. The summed E-state index contributed by atoms with van der Waals surface area (Å²) in [6.45, 7) is 3.07. The summed E-state index contributed by atoms with van der Waals surface area (Å²) in [5.41, 5.74) is 4.16. The van der Waals surface area contributed by atoms with E-state index in [1.807, 2.05) is 0 Å². The molecule has 1 aromatic carbocycles. The van der Waals surface area contributed by atoms with Crippen LogP contribution in [0.1, 0.15) is 24.5 Å². The molecule has 0 heterocycles. The largest absolute Gasteiger partial charge is 0.495 e. The number of fused-ring (bicyclic) bond motifs is 1. The minimum absolute atomic E-state index is 0.951. The van der Waals surface area contributed by atoms with Crippen LogP contribution < -0.4 is 10.1 Å². The molecule has 0 unspecified atom stereocenters. The van der Waals surface area contributed by atoms with Crippen LogP contribution in [-0.2, 0) is 12.8 Å². The van der Waals surface area contributed by atoms with Crippen molar-refractivity contribution < 1.29 is 4.74 Å². The Balaban J connectivity index is 2.45. The maximum Gasteiger partial charge on any atom is 0.142 e. The van der Waals surface area contributed by atoms with E-state index in [0.29, 0.717) is 0 Å². The third-order valence-corrected chi connectivity index (χ3v) is 2.82. The van der Waals surface area contributed by atoms with Crippen LogP contribution >= 0.6 is 0 Å². The first-order chi connectivity index (χ1) is 6.86. The molecule has 0 saturated heterocycles. The topological polar surface area (TPSA) is 21.3 Å². The molecule has 0 aliphatic heterocycles. The second kappa shape index (κ2) is 3.91. The lowest BCUT2D eigenvalue weighted by Crippen LogP contribution is -2.03. The number of anilines is 1. The number of rotatable bonds is 3. The molecule has 0 fully saturated rings. The number of aryl methyl sites for hydroxylation is 1. The molecule has 2 rings (SSSR count). The predicted molar refractivity (Wildman–Crippen MR) is 59.2 cm³/mol. The van der Waals surface area contributed by atoms with Gasteiger partial charge in [0.05, 0.1) is 12.8 Å². The van der Waals surface area contributed by atoms with Crippen LogP contribution in [0.25, 0.3) is 0 Å². The first-order valence-electron chi connectivity index (χ1n) is 5.29. The van der Waals surface area contributed by atoms with Gasteiger partial charge >= 0.3 is 0 Å². The molecule has 2 nitrogen and oxygen atoms in total. The zero-order chi connectivity index (χ0) is 9.97. The first-order valence-corrected chi connectivity index (χ1v) is 5.29. The summed E-state index contributed by atoms with van der Waals surface area (Å²) in [6.07, 6.45) is 3.69. The third kappa shape index (κ3) is 1.45. The van der Waals surface area contributed by atoms with Gasteiger partial charge in [-0.1, -0.05) is 6.07 Å². The first kappa shape index (κ1) is 9.38. The fraction of sp³-hybridized carbons (Fsp3) is 0.500. The van der Waals surface area contributed by atoms with Crippen LogP contribution in [-0.4, -0.2) is 13.7 Å². The van der Waals surface area contributed by atoms with Crippen molar-refractivity contribution in [2.75, 3.05) is 19.0 Å². The number of benzene rings is 1. The second-order valence-electron chi connectivity index (χ2n) is 3.66. The lowest BCUT2D eigenvalue weighted by molar-refractivity contribution is 0.416. The molecule has 1 aliphatic carbocycles. The zero-order valence-electron chi connectivity index (χ0n) is 8.89. The Labute approximate surface area is 85.3 Å². The van der Waals surface area contributed by atoms with Gasteiger partial charge in [0, 0.05) is 6.54 Å². The van der Waals surface area contributed by atoms with Crippen LogP contribution in [0.2, 0.25) is 0 Å². The zero-order valence-corrected chi connectivity index (χ0v) is 8.89. The highest BCUT2D eigenvalue weighted by Crippen LogP contribution is 2.36. The van der Waals surface area contributed by atoms with Crippen LogP contribution in [0.5, 0.6) is 5.75 Å². The number of nitrogens with one attached hydrogen (secondary N) is 1. The fourth-order valence-corrected chi connectivity index (χ4v) is 2.19. The number of hydrogen-bond donors (Lipinski definition) is 1. The highest BCUT2D eigenvalue weighted by atomic mass is 16.5. The molecule has 14 heavy (non-hydrogen) atoms. The maximum absolute atomic E-state index is 5.36. The third-order valence-electron chi connectivity index (χ3n) is 2.82. The van der Waals surface area contributed by atoms with Gasteiger partial charge in [-0.05, 0) is 43.4 Å². The van der Waals surface area contributed by atoms with Crippen molar-refractivity contribution in [2.45, 2.75) is 26.2 Å². The molecule has 0 atom stereocenters. The summed E-state index contributed by atoms with van der Waals surface area (Å²) in [5.74, 6) is 0.979. The Kier molecular flexibility index (Phi) is 2.62. The molecule has 2 heteroatoms. The molecule has 1 N–H and O–H groups in total. The highest BCUT2D eigenvalue weighted by molar-refractivity contribution is 5.65. The van der Waals surface area contributed by atoms with Crippen LogP contribution in [0.15, 0.2) is 12.1 Å². The maximum atomic E-state index is 5.36. The Morgan fingerprint density at radius 2 is 2.21 bits per heavy atom. The van der Waals surface area contributed by atoms with E-state index in [0.717, 1.165) is 12.3 Å². The number of methoxy groups -OCH3 is 1. The van der Waals surface area contributed by atoms with Crippen molar-refractivity contribution in [1.82, 2.24) is 0 Å². The second-order valence-corrected chi connectivity index (χ2v) is 3.66. The SMILES string of the molecule is CCNc1c(OC)ccc2c1CCC2. The van der Waals surface area contributed by atoms with Gasteiger partial charge in [0.15, 0.2) is 0 Å². The van der Waals surface area contributed by atoms with Crippen LogP contribution in [0, 0.1) is 0 Å². The molecular formula is C12H17NO. The highest BCUT2D eigenvalue weighted by Gasteiger charge is 2.17. The lowest BCUT2D eigenvalue weighted by Gasteiger charge is -2.14. The Morgan fingerprint density at radius 3 is 2.93 bits per heavy atom. The van der Waals surface area contributed by atoms with Crippen LogP contribution in [0.4, 0.5) is 5.69 Å². The van der Waals surface area contributed by atoms with Crippen molar-refractivity contribution in [3.05, 3.63) is 23.3 Å². The summed E-state index contributed by atoms with van der Waals surface area (Å²) >= 11 is 0. The summed E-state index contributed by atoms with van der Waals surface area (Å²) in [4.78, 5) is 0. The lowest BCUT2D eigenvalue weighted by atomic mass is 10.1. The van der Waals surface area contributed by atoms with E-state index >= 15 is 0 Å². The fourth-order valence-electron chi connectivity index (χ4n) is 2.19. The molecule has 0 spiro atoms. The van der Waals surface area contributed by atoms with Gasteiger partial charge in [-0.3, -0.25) is 0 Å². The van der Waals surface area contributed by atoms with E-state index in [1.54, 1.807) is 7.11 Å². The minimum atomic E-state index is 0.951. The average molecular weight is 191 g/mol. The van der Waals surface area contributed by atoms with E-state index < -0.39 is 0 Å². The molecule has 0 aromatic heterocycles. The molecule has 0 amide bonds. The van der Waals surface area contributed by atoms with Crippen LogP contribution in [0.3, 0.4) is 0 Å². The summed E-state index contributed by atoms with van der Waals surface area (Å²) in [5, 5.41) is 3.40. The van der Waals surface area contributed by atoms with E-state index in [9.17, 15) is 0 Å². The number of hydrogen-bond acceptors (Lipinski definition) is 2. The van der Waals surface area contributed by atoms with Crippen molar-refractivity contribution >= 4 is 5.69 Å². The summed E-state index contributed by atoms with van der Waals surface area (Å²) in [7, 11) is 1.73. The van der Waals surface area contributed by atoms with Gasteiger partial charge in [-0.25, -0.2) is 0 Å². The van der Waals surface area contributed by atoms with Gasteiger partial charge in [0.2, 0.25) is 0 Å². The standard InChI is InChI=1S/C12H17NO/c1-3-13-12-10-6-4-5-9(10)7-8-11(12)14-2/h7-8,13H,3-6H2,1-2H3. The summed E-state index contributed by atoms with van der Waals surface area (Å²) in [6, 6.07) is 4.27. The van der Waals surface area contributed by atoms with Crippen molar-refractivity contribution in [2.24, 2.45) is 0 Å². The van der Waals surface area contributed by atoms with Gasteiger partial charge < -0.3 is 10.1 Å². The van der Waals surface area contributed by atoms with E-state index in [-0.39, 0.29) is 0 Å². The molecular weight excluding hydrogens is 174 g/mol. The molecule has 76 valence electrons. The quantitative estimate of drug-likeness (QED) is 0.793. The van der Waals surface area contributed by atoms with Gasteiger partial charge in [-0.15, -0.1) is 0 Å². The Bertz CT molecular complexity index is 333. The molecule has 1 aliphatic rings. The molecule has 0 saturated carbocycles. The predicted octanol–water partition coefficient (Wildman–Crippen LogP) is 2.62. The normalized spacial score (nSPS) is 13.9. The smallest absolute Gasteiger partial charge is 0.142 e. The Morgan fingerprint density at radius 1 is 1.36 bits per heavy atom. The number of ether oxygens (including phenoxy) is 1. The van der Waals surface area contributed by atoms with E-state index in [4.69, 9.17) is 4.74 Å². The molecule has 1 aromatic rings. The summed E-state index contributed by atoms with van der Waals surface area (Å²) < 4.78 is 5.36. The van der Waals surface area contributed by atoms with Crippen molar-refractivity contribution in [3.63, 3.8) is 0 Å². The average Bonchev–Trinajstić information content (AvgIpc) is 2.67. The van der Waals surface area contributed by atoms with E-state index in [1.165, 1.54) is 36.1 Å². The van der Waals surface area contributed by atoms with Gasteiger partial charge in [0.1, 0.15) is 5.75 Å². The molecule has 0 radical (unpaired) electrons. The monoisotopic (exact) mass is 191 g/mol. The van der Waals surface area contributed by atoms with Crippen molar-refractivity contribution in [1.29, 1.82) is 0 Å². The Hall–Kier alpha value is -1.18. The molecule has 0 bridgehead atoms. The van der Waals surface area contributed by atoms with Crippen molar-refractivity contribution in [3.8, 4) is 5.75 Å².